The molecular formula is C15H21N3S. The molecule has 0 fully saturated rings. The van der Waals surface area contributed by atoms with Crippen LogP contribution >= 0.6 is 11.8 Å². The third kappa shape index (κ3) is 4.40. The van der Waals surface area contributed by atoms with Crippen LogP contribution in [0, 0.1) is 0 Å². The number of hydrogen-bond donors (Lipinski definition) is 1. The van der Waals surface area contributed by atoms with Crippen LogP contribution in [0.5, 0.6) is 0 Å². The van der Waals surface area contributed by atoms with Crippen molar-refractivity contribution in [2.75, 3.05) is 12.8 Å². The molecular weight excluding hydrogens is 254 g/mol. The number of nitrogens with zero attached hydrogens (tertiary/aromatic N) is 2. The van der Waals surface area contributed by atoms with Crippen LogP contribution in [0.15, 0.2) is 47.9 Å². The normalized spacial score (nSPS) is 12.5. The summed E-state index contributed by atoms with van der Waals surface area (Å²) in [5.41, 5.74) is 1.34. The van der Waals surface area contributed by atoms with E-state index in [-0.39, 0.29) is 0 Å². The lowest BCUT2D eigenvalue weighted by molar-refractivity contribution is 0.652. The van der Waals surface area contributed by atoms with Crippen LogP contribution in [0.25, 0.3) is 0 Å². The van der Waals surface area contributed by atoms with Gasteiger partial charge in [-0.3, -0.25) is 0 Å². The van der Waals surface area contributed by atoms with E-state index in [0.29, 0.717) is 6.04 Å². The predicted octanol–water partition coefficient (Wildman–Crippen LogP) is 3.35. The fraction of sp³-hybridized carbons (Fsp3) is 0.400. The number of aromatic nitrogens is 2. The first kappa shape index (κ1) is 14.2. The number of hydrogen-bond acceptors (Lipinski definition) is 3. The van der Waals surface area contributed by atoms with Gasteiger partial charge < -0.3 is 9.88 Å². The Labute approximate surface area is 119 Å². The highest BCUT2D eigenvalue weighted by Gasteiger charge is 2.02. The summed E-state index contributed by atoms with van der Waals surface area (Å²) in [5.74, 6) is 1.14. The van der Waals surface area contributed by atoms with Crippen LogP contribution in [-0.4, -0.2) is 22.4 Å². The summed E-state index contributed by atoms with van der Waals surface area (Å²) < 4.78 is 2.12. The molecule has 1 N–H and O–H groups in total. The second-order valence-corrected chi connectivity index (χ2v) is 5.75. The van der Waals surface area contributed by atoms with Crippen LogP contribution in [-0.2, 0) is 6.54 Å². The van der Waals surface area contributed by atoms with Gasteiger partial charge in [0.15, 0.2) is 0 Å². The summed E-state index contributed by atoms with van der Waals surface area (Å²) in [6.45, 7) is 3.22. The van der Waals surface area contributed by atoms with Gasteiger partial charge in [0.2, 0.25) is 0 Å². The molecule has 1 aromatic carbocycles. The predicted molar refractivity (Wildman–Crippen MR) is 81.5 cm³/mol. The molecule has 2 rings (SSSR count). The number of thioether (sulfide) groups is 1. The molecule has 0 amide bonds. The smallest absolute Gasteiger partial charge is 0.0945 e. The van der Waals surface area contributed by atoms with Crippen LogP contribution in [0.2, 0.25) is 0 Å². The average molecular weight is 275 g/mol. The monoisotopic (exact) mass is 275 g/mol. The van der Waals surface area contributed by atoms with Gasteiger partial charge in [-0.15, -0.1) is 11.8 Å². The summed E-state index contributed by atoms with van der Waals surface area (Å²) >= 11 is 1.92. The number of imidazole rings is 1. The van der Waals surface area contributed by atoms with Crippen molar-refractivity contribution >= 4 is 11.8 Å². The molecule has 4 heteroatoms. The number of benzene rings is 1. The summed E-state index contributed by atoms with van der Waals surface area (Å²) in [7, 11) is 1.99. The van der Waals surface area contributed by atoms with Crippen LogP contribution in [0.1, 0.15) is 24.9 Å². The molecule has 102 valence electrons. The Kier molecular flexibility index (Phi) is 5.48. The quantitative estimate of drug-likeness (QED) is 0.621. The van der Waals surface area contributed by atoms with Gasteiger partial charge in [-0.25, -0.2) is 4.98 Å². The third-order valence-electron chi connectivity index (χ3n) is 3.20. The van der Waals surface area contributed by atoms with Gasteiger partial charge in [0.1, 0.15) is 0 Å². The Bertz CT molecular complexity index is 465. The van der Waals surface area contributed by atoms with Crippen molar-refractivity contribution in [3.63, 3.8) is 0 Å². The van der Waals surface area contributed by atoms with E-state index in [9.17, 15) is 0 Å². The van der Waals surface area contributed by atoms with Crippen molar-refractivity contribution in [2.45, 2.75) is 30.8 Å². The summed E-state index contributed by atoms with van der Waals surface area (Å²) in [5, 5.41) is 3.25. The minimum Gasteiger partial charge on any atom is -0.337 e. The Morgan fingerprint density at radius 1 is 1.32 bits per heavy atom. The van der Waals surface area contributed by atoms with E-state index < -0.39 is 0 Å². The maximum absolute atomic E-state index is 4.04. The van der Waals surface area contributed by atoms with Gasteiger partial charge in [0.25, 0.3) is 0 Å². The molecule has 0 radical (unpaired) electrons. The molecule has 0 aliphatic rings. The zero-order valence-electron chi connectivity index (χ0n) is 11.5. The van der Waals surface area contributed by atoms with E-state index in [1.165, 1.54) is 10.5 Å². The Balaban J connectivity index is 1.74. The maximum atomic E-state index is 4.04. The fourth-order valence-corrected chi connectivity index (χ4v) is 2.71. The lowest BCUT2D eigenvalue weighted by Crippen LogP contribution is -2.11. The summed E-state index contributed by atoms with van der Waals surface area (Å²) in [4.78, 5) is 5.39. The molecule has 1 unspecified atom stereocenters. The van der Waals surface area contributed by atoms with Crippen molar-refractivity contribution in [2.24, 2.45) is 0 Å². The molecule has 2 aromatic rings. The zero-order chi connectivity index (χ0) is 13.5. The first-order chi connectivity index (χ1) is 9.29. The Morgan fingerprint density at radius 3 is 2.74 bits per heavy atom. The van der Waals surface area contributed by atoms with E-state index in [0.717, 1.165) is 18.7 Å². The average Bonchev–Trinajstić information content (AvgIpc) is 2.96. The largest absolute Gasteiger partial charge is 0.337 e. The van der Waals surface area contributed by atoms with Gasteiger partial charge in [-0.2, -0.15) is 0 Å². The molecule has 0 saturated carbocycles. The van der Waals surface area contributed by atoms with Crippen LogP contribution < -0.4 is 5.32 Å². The third-order valence-corrected chi connectivity index (χ3v) is 4.30. The molecule has 0 spiro atoms. The van der Waals surface area contributed by atoms with E-state index in [4.69, 9.17) is 0 Å². The fourth-order valence-electron chi connectivity index (χ4n) is 1.88. The highest BCUT2D eigenvalue weighted by atomic mass is 32.2. The molecule has 1 aromatic heterocycles. The standard InChI is InChI=1S/C15H21N3S/c1-13(16-2)14-4-6-15(7-5-14)19-11-3-9-18-10-8-17-12-18/h4-8,10,12-13,16H,3,9,11H2,1-2H3. The van der Waals surface area contributed by atoms with Crippen molar-refractivity contribution < 1.29 is 0 Å². The van der Waals surface area contributed by atoms with Crippen molar-refractivity contribution in [3.8, 4) is 0 Å². The Morgan fingerprint density at radius 2 is 2.11 bits per heavy atom. The molecule has 1 atom stereocenters. The van der Waals surface area contributed by atoms with Gasteiger partial charge >= 0.3 is 0 Å². The zero-order valence-corrected chi connectivity index (χ0v) is 12.4. The molecule has 0 aliphatic carbocycles. The number of aryl methyl sites for hydroxylation is 1. The molecule has 1 heterocycles. The molecule has 0 bridgehead atoms. The van der Waals surface area contributed by atoms with Gasteiger partial charge in [0.05, 0.1) is 6.33 Å². The lowest BCUT2D eigenvalue weighted by Gasteiger charge is -2.11. The second-order valence-electron chi connectivity index (χ2n) is 4.58. The molecule has 19 heavy (non-hydrogen) atoms. The minimum atomic E-state index is 0.417. The molecule has 3 nitrogen and oxygen atoms in total. The highest BCUT2D eigenvalue weighted by Crippen LogP contribution is 2.21. The van der Waals surface area contributed by atoms with Gasteiger partial charge in [0, 0.05) is 29.9 Å². The first-order valence-corrected chi connectivity index (χ1v) is 7.64. The van der Waals surface area contributed by atoms with E-state index in [1.54, 1.807) is 0 Å². The Hall–Kier alpha value is -1.26. The summed E-state index contributed by atoms with van der Waals surface area (Å²) in [6, 6.07) is 9.26. The summed E-state index contributed by atoms with van der Waals surface area (Å²) in [6.07, 6.45) is 6.88. The van der Waals surface area contributed by atoms with Crippen molar-refractivity contribution in [3.05, 3.63) is 48.5 Å². The minimum absolute atomic E-state index is 0.417. The van der Waals surface area contributed by atoms with E-state index in [1.807, 2.05) is 37.5 Å². The maximum Gasteiger partial charge on any atom is 0.0945 e. The molecule has 0 aliphatic heterocycles. The number of rotatable bonds is 7. The van der Waals surface area contributed by atoms with Crippen LogP contribution in [0.3, 0.4) is 0 Å². The van der Waals surface area contributed by atoms with Gasteiger partial charge in [-0.1, -0.05) is 12.1 Å². The second kappa shape index (κ2) is 7.36. The van der Waals surface area contributed by atoms with E-state index in [2.05, 4.69) is 46.1 Å². The van der Waals surface area contributed by atoms with Crippen LogP contribution in [0.4, 0.5) is 0 Å². The van der Waals surface area contributed by atoms with Crippen molar-refractivity contribution in [1.29, 1.82) is 0 Å². The lowest BCUT2D eigenvalue weighted by atomic mass is 10.1. The van der Waals surface area contributed by atoms with E-state index >= 15 is 0 Å². The topological polar surface area (TPSA) is 29.9 Å². The first-order valence-electron chi connectivity index (χ1n) is 6.65. The molecule has 0 saturated heterocycles. The van der Waals surface area contributed by atoms with Gasteiger partial charge in [-0.05, 0) is 43.8 Å². The SMILES string of the molecule is CNC(C)c1ccc(SCCCn2ccnc2)cc1. The highest BCUT2D eigenvalue weighted by molar-refractivity contribution is 7.99. The number of nitrogens with one attached hydrogen (secondary N) is 1. The van der Waals surface area contributed by atoms with Crippen molar-refractivity contribution in [1.82, 2.24) is 14.9 Å².